The number of alkyl halides is 3. The largest absolute Gasteiger partial charge is 0.508 e. The number of aliphatic hydroxyl groups is 1. The lowest BCUT2D eigenvalue weighted by molar-refractivity contribution is -0.148. The van der Waals surface area contributed by atoms with Gasteiger partial charge in [-0.1, -0.05) is 92.8 Å². The summed E-state index contributed by atoms with van der Waals surface area (Å²) in [4.78, 5) is 36.5. The van der Waals surface area contributed by atoms with Crippen molar-refractivity contribution in [2.24, 2.45) is 17.3 Å². The number of ketones is 1. The SMILES string of the molecule is CC(COCc1ccccc1)C(OC(=O)OCC(Cl)(Cl)Cl)C(C)C(=O)C(C)(C)C(O)CC(=O)O. The summed E-state index contributed by atoms with van der Waals surface area (Å²) >= 11 is 16.8. The van der Waals surface area contributed by atoms with Gasteiger partial charge in [-0.3, -0.25) is 9.59 Å². The fourth-order valence-corrected chi connectivity index (χ4v) is 3.51. The van der Waals surface area contributed by atoms with Crippen molar-refractivity contribution < 1.29 is 38.8 Å². The van der Waals surface area contributed by atoms with E-state index >= 15 is 0 Å². The second kappa shape index (κ2) is 13.5. The number of carbonyl (C=O) groups excluding carboxylic acids is 2. The molecule has 0 aliphatic heterocycles. The molecule has 8 nitrogen and oxygen atoms in total. The van der Waals surface area contributed by atoms with Crippen LogP contribution < -0.4 is 0 Å². The van der Waals surface area contributed by atoms with Crippen molar-refractivity contribution in [2.45, 2.75) is 56.7 Å². The van der Waals surface area contributed by atoms with E-state index in [1.165, 1.54) is 20.8 Å². The standard InChI is InChI=1S/C23H31Cl3O8/c1-14(11-32-12-16-8-6-5-7-9-16)19(34-21(31)33-13-23(24,25)26)15(2)20(30)22(3,4)17(27)10-18(28)29/h5-9,14-15,17,19,27H,10-13H2,1-4H3,(H,28,29). The van der Waals surface area contributed by atoms with Crippen LogP contribution in [-0.2, 0) is 30.4 Å². The number of aliphatic carboxylic acids is 1. The first-order valence-electron chi connectivity index (χ1n) is 10.6. The number of hydrogen-bond donors (Lipinski definition) is 2. The highest BCUT2D eigenvalue weighted by Gasteiger charge is 2.44. The van der Waals surface area contributed by atoms with E-state index in [0.717, 1.165) is 5.56 Å². The van der Waals surface area contributed by atoms with Crippen LogP contribution in [0.25, 0.3) is 0 Å². The van der Waals surface area contributed by atoms with Crippen LogP contribution in [0.15, 0.2) is 30.3 Å². The van der Waals surface area contributed by atoms with E-state index in [9.17, 15) is 19.5 Å². The van der Waals surface area contributed by atoms with Gasteiger partial charge in [0.1, 0.15) is 18.5 Å². The Kier molecular flexibility index (Phi) is 12.1. The molecular formula is C23H31Cl3O8. The molecule has 0 radical (unpaired) electrons. The first-order chi connectivity index (χ1) is 15.6. The maximum atomic E-state index is 13.2. The number of carboxylic acids is 1. The van der Waals surface area contributed by atoms with E-state index in [1.54, 1.807) is 6.92 Å². The molecule has 34 heavy (non-hydrogen) atoms. The highest BCUT2D eigenvalue weighted by atomic mass is 35.6. The summed E-state index contributed by atoms with van der Waals surface area (Å²) in [7, 11) is 0. The lowest BCUT2D eigenvalue weighted by Gasteiger charge is -2.35. The highest BCUT2D eigenvalue weighted by molar-refractivity contribution is 6.67. The van der Waals surface area contributed by atoms with Crippen molar-refractivity contribution in [3.63, 3.8) is 0 Å². The molecule has 0 saturated heterocycles. The third kappa shape index (κ3) is 10.4. The predicted octanol–water partition coefficient (Wildman–Crippen LogP) is 4.80. The zero-order valence-electron chi connectivity index (χ0n) is 19.5. The van der Waals surface area contributed by atoms with Gasteiger partial charge in [0.05, 0.1) is 37.1 Å². The molecule has 0 heterocycles. The minimum Gasteiger partial charge on any atom is -0.481 e. The van der Waals surface area contributed by atoms with Crippen LogP contribution >= 0.6 is 34.8 Å². The summed E-state index contributed by atoms with van der Waals surface area (Å²) in [5.74, 6) is -3.15. The van der Waals surface area contributed by atoms with Crippen molar-refractivity contribution in [3.05, 3.63) is 35.9 Å². The van der Waals surface area contributed by atoms with Crippen molar-refractivity contribution in [3.8, 4) is 0 Å². The summed E-state index contributed by atoms with van der Waals surface area (Å²) in [6.45, 7) is 6.00. The summed E-state index contributed by atoms with van der Waals surface area (Å²) in [6, 6.07) is 9.42. The normalized spacial score (nSPS) is 15.6. The van der Waals surface area contributed by atoms with Gasteiger partial charge < -0.3 is 24.4 Å². The zero-order valence-corrected chi connectivity index (χ0v) is 21.8. The quantitative estimate of drug-likeness (QED) is 0.270. The Morgan fingerprint density at radius 3 is 2.18 bits per heavy atom. The molecular weight excluding hydrogens is 511 g/mol. The Morgan fingerprint density at radius 1 is 1.06 bits per heavy atom. The minimum absolute atomic E-state index is 0.132. The molecule has 4 atom stereocenters. The third-order valence-corrected chi connectivity index (χ3v) is 5.71. The first-order valence-corrected chi connectivity index (χ1v) is 11.7. The molecule has 0 amide bonds. The molecule has 1 aromatic carbocycles. The minimum atomic E-state index is -1.84. The monoisotopic (exact) mass is 540 g/mol. The number of carbonyl (C=O) groups is 3. The number of halogens is 3. The van der Waals surface area contributed by atoms with Crippen molar-refractivity contribution >= 4 is 52.7 Å². The van der Waals surface area contributed by atoms with Crippen molar-refractivity contribution in [1.29, 1.82) is 0 Å². The van der Waals surface area contributed by atoms with Crippen LogP contribution in [0.1, 0.15) is 39.7 Å². The summed E-state index contributed by atoms with van der Waals surface area (Å²) in [5, 5.41) is 19.3. The lowest BCUT2D eigenvalue weighted by atomic mass is 9.73. The van der Waals surface area contributed by atoms with Gasteiger partial charge in [0.25, 0.3) is 0 Å². The molecule has 192 valence electrons. The number of ether oxygens (including phenoxy) is 3. The van der Waals surface area contributed by atoms with Gasteiger partial charge in [-0.25, -0.2) is 4.79 Å². The molecule has 0 aliphatic rings. The van der Waals surface area contributed by atoms with Crippen LogP contribution in [0.3, 0.4) is 0 Å². The van der Waals surface area contributed by atoms with Gasteiger partial charge in [0, 0.05) is 5.92 Å². The Bertz CT molecular complexity index is 810. The highest BCUT2D eigenvalue weighted by Crippen LogP contribution is 2.32. The molecule has 1 aromatic rings. The number of rotatable bonds is 13. The number of Topliss-reactive ketones (excluding diaryl/α,β-unsaturated/α-hetero) is 1. The van der Waals surface area contributed by atoms with Crippen molar-refractivity contribution in [2.75, 3.05) is 13.2 Å². The van der Waals surface area contributed by atoms with Gasteiger partial charge in [-0.05, 0) is 5.56 Å². The maximum absolute atomic E-state index is 13.2. The smallest absolute Gasteiger partial charge is 0.481 e. The molecule has 0 fully saturated rings. The predicted molar refractivity (Wildman–Crippen MR) is 128 cm³/mol. The lowest BCUT2D eigenvalue weighted by Crippen LogP contribution is -2.47. The summed E-state index contributed by atoms with van der Waals surface area (Å²) < 4.78 is 14.1. The maximum Gasteiger partial charge on any atom is 0.508 e. The molecule has 0 spiro atoms. The van der Waals surface area contributed by atoms with Crippen molar-refractivity contribution in [1.82, 2.24) is 0 Å². The Hall–Kier alpha value is -1.58. The molecule has 2 N–H and O–H groups in total. The molecule has 0 aliphatic carbocycles. The number of carboxylic acid groups (broad SMARTS) is 1. The first kappa shape index (κ1) is 30.5. The van der Waals surface area contributed by atoms with Gasteiger partial charge >= 0.3 is 12.1 Å². The molecule has 11 heteroatoms. The number of aliphatic hydroxyl groups excluding tert-OH is 1. The Morgan fingerprint density at radius 2 is 1.65 bits per heavy atom. The second-order valence-corrected chi connectivity index (χ2v) is 11.2. The van der Waals surface area contributed by atoms with E-state index in [4.69, 9.17) is 54.1 Å². The Balaban J connectivity index is 2.98. The van der Waals surface area contributed by atoms with E-state index in [2.05, 4.69) is 0 Å². The van der Waals surface area contributed by atoms with E-state index in [0.29, 0.717) is 6.61 Å². The van der Waals surface area contributed by atoms with E-state index < -0.39 is 64.2 Å². The van der Waals surface area contributed by atoms with Gasteiger partial charge in [-0.2, -0.15) is 0 Å². The fourth-order valence-electron chi connectivity index (χ4n) is 3.35. The van der Waals surface area contributed by atoms with E-state index in [-0.39, 0.29) is 6.61 Å². The van der Waals surface area contributed by atoms with Gasteiger partial charge in [-0.15, -0.1) is 0 Å². The molecule has 1 rings (SSSR count). The van der Waals surface area contributed by atoms with Crippen LogP contribution in [0.4, 0.5) is 4.79 Å². The average Bonchev–Trinajstić information content (AvgIpc) is 2.74. The topological polar surface area (TPSA) is 119 Å². The van der Waals surface area contributed by atoms with E-state index in [1.807, 2.05) is 30.3 Å². The average molecular weight is 542 g/mol. The zero-order chi connectivity index (χ0) is 26.1. The number of hydrogen-bond acceptors (Lipinski definition) is 7. The molecule has 0 aromatic heterocycles. The third-order valence-electron chi connectivity index (χ3n) is 5.38. The molecule has 0 saturated carbocycles. The Labute approximate surface area is 214 Å². The fraction of sp³-hybridized carbons (Fsp3) is 0.609. The second-order valence-electron chi connectivity index (χ2n) is 8.70. The van der Waals surface area contributed by atoms with Crippen LogP contribution in [0.2, 0.25) is 0 Å². The number of benzene rings is 1. The summed E-state index contributed by atoms with van der Waals surface area (Å²) in [5.41, 5.74) is -0.484. The van der Waals surface area contributed by atoms with Gasteiger partial charge in [0.15, 0.2) is 0 Å². The van der Waals surface area contributed by atoms with Crippen LogP contribution in [-0.4, -0.2) is 57.3 Å². The van der Waals surface area contributed by atoms with Gasteiger partial charge in [0.2, 0.25) is 3.79 Å². The molecule has 4 unspecified atom stereocenters. The molecule has 0 bridgehead atoms. The summed E-state index contributed by atoms with van der Waals surface area (Å²) in [6.07, 6.45) is -4.23. The van der Waals surface area contributed by atoms with Crippen LogP contribution in [0.5, 0.6) is 0 Å². The van der Waals surface area contributed by atoms with Crippen LogP contribution in [0, 0.1) is 17.3 Å².